The highest BCUT2D eigenvalue weighted by Gasteiger charge is 2.70. The van der Waals surface area contributed by atoms with E-state index < -0.39 is 33.4 Å². The molecule has 1 aliphatic carbocycles. The molecule has 31 heavy (non-hydrogen) atoms. The lowest BCUT2D eigenvalue weighted by atomic mass is 9.98. The van der Waals surface area contributed by atoms with E-state index in [0.29, 0.717) is 0 Å². The minimum Gasteiger partial charge on any atom is -0.325 e. The number of primary sulfonamides is 1. The number of hydrogen-bond acceptors (Lipinski definition) is 5. The summed E-state index contributed by atoms with van der Waals surface area (Å²) in [6.07, 6.45) is -0.119. The van der Waals surface area contributed by atoms with Gasteiger partial charge in [0, 0.05) is 11.5 Å². The number of sulfonamides is 1. The molecule has 0 spiro atoms. The molecular weight excluding hydrogens is 418 g/mol. The highest BCUT2D eigenvalue weighted by atomic mass is 32.2. The first-order chi connectivity index (χ1) is 13.9. The van der Waals surface area contributed by atoms with E-state index in [2.05, 4.69) is 0 Å². The fourth-order valence-corrected chi connectivity index (χ4v) is 5.29. The summed E-state index contributed by atoms with van der Waals surface area (Å²) in [5.41, 5.74) is -0.830. The van der Waals surface area contributed by atoms with Crippen LogP contribution >= 0.6 is 0 Å². The lowest BCUT2D eigenvalue weighted by Gasteiger charge is -2.39. The molecule has 9 heteroatoms. The van der Waals surface area contributed by atoms with Gasteiger partial charge in [0.15, 0.2) is 0 Å². The Morgan fingerprint density at radius 3 is 1.94 bits per heavy atom. The van der Waals surface area contributed by atoms with Gasteiger partial charge in [-0.2, -0.15) is 0 Å². The lowest BCUT2D eigenvalue weighted by Crippen LogP contribution is -2.55. The number of rotatable bonds is 4. The molecule has 1 aromatic carbocycles. The van der Waals surface area contributed by atoms with E-state index in [0.717, 1.165) is 4.90 Å². The molecule has 1 saturated heterocycles. The summed E-state index contributed by atoms with van der Waals surface area (Å²) in [6.45, 7) is 13.7. The number of nitrogens with two attached hydrogens (primary N) is 1. The maximum atomic E-state index is 13.6. The van der Waals surface area contributed by atoms with Gasteiger partial charge in [0.1, 0.15) is 6.04 Å². The zero-order valence-electron chi connectivity index (χ0n) is 19.1. The monoisotopic (exact) mass is 449 g/mol. The average molecular weight is 450 g/mol. The van der Waals surface area contributed by atoms with Crippen LogP contribution in [0, 0.1) is 16.7 Å². The van der Waals surface area contributed by atoms with Gasteiger partial charge in [-0.15, -0.1) is 0 Å². The van der Waals surface area contributed by atoms with Gasteiger partial charge in [0.05, 0.1) is 17.0 Å². The number of carbonyl (C=O) groups excluding carboxylic acids is 3. The fraction of sp³-hybridized carbons (Fsp3) is 0.591. The van der Waals surface area contributed by atoms with Crippen LogP contribution in [0.1, 0.15) is 54.9 Å². The minimum atomic E-state index is -3.89. The van der Waals surface area contributed by atoms with Crippen molar-refractivity contribution in [3.8, 4) is 0 Å². The number of amides is 3. The number of benzene rings is 1. The molecule has 1 aliphatic heterocycles. The zero-order valence-corrected chi connectivity index (χ0v) is 19.9. The molecule has 1 unspecified atom stereocenters. The van der Waals surface area contributed by atoms with Crippen LogP contribution in [0.5, 0.6) is 0 Å². The van der Waals surface area contributed by atoms with E-state index in [1.54, 1.807) is 4.90 Å². The van der Waals surface area contributed by atoms with E-state index in [1.165, 1.54) is 24.3 Å². The fourth-order valence-electron chi connectivity index (χ4n) is 4.78. The largest absolute Gasteiger partial charge is 0.325 e. The van der Waals surface area contributed by atoms with Crippen molar-refractivity contribution >= 4 is 33.4 Å². The van der Waals surface area contributed by atoms with Crippen molar-refractivity contribution in [1.29, 1.82) is 0 Å². The molecule has 1 heterocycles. The van der Waals surface area contributed by atoms with E-state index in [-0.39, 0.29) is 39.7 Å². The Bertz CT molecular complexity index is 1040. The predicted molar refractivity (Wildman–Crippen MR) is 116 cm³/mol. The number of imide groups is 1. The van der Waals surface area contributed by atoms with Gasteiger partial charge in [-0.3, -0.25) is 14.4 Å². The van der Waals surface area contributed by atoms with Crippen molar-refractivity contribution < 1.29 is 22.8 Å². The molecule has 1 atom stereocenters. The van der Waals surface area contributed by atoms with Crippen molar-refractivity contribution in [3.63, 3.8) is 0 Å². The van der Waals surface area contributed by atoms with Gasteiger partial charge in [0.25, 0.3) is 5.91 Å². The molecule has 0 radical (unpaired) electrons. The topological polar surface area (TPSA) is 118 Å². The summed E-state index contributed by atoms with van der Waals surface area (Å²) in [5.74, 6) is -1.30. The van der Waals surface area contributed by atoms with Crippen molar-refractivity contribution in [2.45, 2.75) is 71.4 Å². The number of anilines is 1. The molecule has 0 aromatic heterocycles. The minimum absolute atomic E-state index is 0.114. The highest BCUT2D eigenvalue weighted by molar-refractivity contribution is 7.89. The van der Waals surface area contributed by atoms with Gasteiger partial charge < -0.3 is 4.90 Å². The zero-order chi connectivity index (χ0) is 23.7. The first-order valence-corrected chi connectivity index (χ1v) is 11.8. The molecule has 3 rings (SSSR count). The van der Waals surface area contributed by atoms with Gasteiger partial charge in [-0.25, -0.2) is 18.5 Å². The van der Waals surface area contributed by atoms with Crippen LogP contribution in [0.25, 0.3) is 0 Å². The van der Waals surface area contributed by atoms with Crippen LogP contribution in [-0.4, -0.2) is 42.6 Å². The van der Waals surface area contributed by atoms with Crippen LogP contribution in [0.15, 0.2) is 29.2 Å². The second-order valence-corrected chi connectivity index (χ2v) is 12.1. The average Bonchev–Trinajstić information content (AvgIpc) is 2.83. The molecule has 170 valence electrons. The van der Waals surface area contributed by atoms with Crippen molar-refractivity contribution in [2.75, 3.05) is 4.90 Å². The smallest absolute Gasteiger partial charge is 0.257 e. The number of hydrogen-bond donors (Lipinski definition) is 1. The Hall–Kier alpha value is -2.26. The summed E-state index contributed by atoms with van der Waals surface area (Å²) >= 11 is 0. The summed E-state index contributed by atoms with van der Waals surface area (Å²) in [7, 11) is -3.89. The van der Waals surface area contributed by atoms with Crippen molar-refractivity contribution in [3.05, 3.63) is 24.3 Å². The maximum absolute atomic E-state index is 13.6. The predicted octanol–water partition coefficient (Wildman–Crippen LogP) is 2.28. The molecule has 3 amide bonds. The molecule has 0 bridgehead atoms. The molecular formula is C22H31N3O5S. The van der Waals surface area contributed by atoms with E-state index in [4.69, 9.17) is 5.14 Å². The molecule has 1 saturated carbocycles. The third kappa shape index (κ3) is 3.67. The SMILES string of the molecule is CC(C)(C)N(C(=O)C1C(C)(C)C1(C)C)C1CC(=O)N(c2ccc(S(N)(=O)=O)cc2)C1=O. The standard InChI is InChI=1S/C22H31N3O5S/c1-20(2,3)25(19(28)17-21(4,5)22(17,6)7)15-12-16(26)24(18(15)27)13-8-10-14(11-9-13)31(23,29)30/h8-11,15,17H,12H2,1-7H3,(H2,23,29,30). The van der Waals surface area contributed by atoms with Gasteiger partial charge >= 0.3 is 0 Å². The Balaban J connectivity index is 1.94. The number of nitrogens with zero attached hydrogens (tertiary/aromatic N) is 2. The quantitative estimate of drug-likeness (QED) is 0.708. The van der Waals surface area contributed by atoms with Gasteiger partial charge in [-0.1, -0.05) is 27.7 Å². The van der Waals surface area contributed by atoms with E-state index >= 15 is 0 Å². The van der Waals surface area contributed by atoms with Crippen LogP contribution in [0.4, 0.5) is 5.69 Å². The first-order valence-electron chi connectivity index (χ1n) is 10.2. The third-order valence-corrected chi connectivity index (χ3v) is 8.01. The Kier molecular flexibility index (Phi) is 5.19. The van der Waals surface area contributed by atoms with Crippen LogP contribution < -0.4 is 10.0 Å². The summed E-state index contributed by atoms with van der Waals surface area (Å²) < 4.78 is 23.0. The van der Waals surface area contributed by atoms with E-state index in [1.807, 2.05) is 48.5 Å². The second-order valence-electron chi connectivity index (χ2n) is 10.6. The molecule has 2 fully saturated rings. The third-order valence-electron chi connectivity index (χ3n) is 7.09. The Morgan fingerprint density at radius 2 is 1.55 bits per heavy atom. The number of carbonyl (C=O) groups is 3. The van der Waals surface area contributed by atoms with E-state index in [9.17, 15) is 22.8 Å². The van der Waals surface area contributed by atoms with Gasteiger partial charge in [-0.05, 0) is 55.9 Å². The maximum Gasteiger partial charge on any atom is 0.257 e. The van der Waals surface area contributed by atoms with Crippen molar-refractivity contribution in [1.82, 2.24) is 4.90 Å². The molecule has 2 aliphatic rings. The highest BCUT2D eigenvalue weighted by Crippen LogP contribution is 2.69. The van der Waals surface area contributed by atoms with Gasteiger partial charge in [0.2, 0.25) is 21.8 Å². The molecule has 8 nitrogen and oxygen atoms in total. The van der Waals surface area contributed by atoms with Crippen LogP contribution in [0.3, 0.4) is 0 Å². The molecule has 1 aromatic rings. The molecule has 2 N–H and O–H groups in total. The lowest BCUT2D eigenvalue weighted by molar-refractivity contribution is -0.146. The van der Waals surface area contributed by atoms with Crippen LogP contribution in [-0.2, 0) is 24.4 Å². The summed E-state index contributed by atoms with van der Waals surface area (Å²) in [5, 5.41) is 5.12. The Labute approximate surface area is 183 Å². The first kappa shape index (κ1) is 23.4. The van der Waals surface area contributed by atoms with Crippen molar-refractivity contribution in [2.24, 2.45) is 21.9 Å². The second kappa shape index (κ2) is 6.87. The normalized spacial score (nSPS) is 23.2. The van der Waals surface area contributed by atoms with Crippen LogP contribution in [0.2, 0.25) is 0 Å². The summed E-state index contributed by atoms with van der Waals surface area (Å²) in [6, 6.07) is 4.33. The summed E-state index contributed by atoms with van der Waals surface area (Å²) in [4.78, 5) is 42.2. The Morgan fingerprint density at radius 1 is 1.06 bits per heavy atom.